The fourth-order valence-electron chi connectivity index (χ4n) is 3.04. The molecule has 0 bridgehead atoms. The minimum Gasteiger partial charge on any atom is -0.256 e. The number of hydrogen-bond acceptors (Lipinski definition) is 2. The monoisotopic (exact) mass is 316 g/mol. The van der Waals surface area contributed by atoms with Crippen molar-refractivity contribution in [3.8, 4) is 22.5 Å². The van der Waals surface area contributed by atoms with Gasteiger partial charge in [0.05, 0.1) is 11.4 Å². The molecular weight excluding hydrogens is 292 g/mol. The highest BCUT2D eigenvalue weighted by molar-refractivity contribution is 5.82. The molecule has 0 atom stereocenters. The lowest BCUT2D eigenvalue weighted by Crippen LogP contribution is -2.11. The van der Waals surface area contributed by atoms with E-state index in [0.717, 1.165) is 17.0 Å². The Morgan fingerprint density at radius 1 is 0.792 bits per heavy atom. The van der Waals surface area contributed by atoms with Gasteiger partial charge in [-0.1, -0.05) is 39.0 Å². The van der Waals surface area contributed by atoms with Gasteiger partial charge in [-0.15, -0.1) is 0 Å². The van der Waals surface area contributed by atoms with E-state index in [1.807, 2.05) is 18.5 Å². The second-order valence-electron chi connectivity index (χ2n) is 7.35. The van der Waals surface area contributed by atoms with E-state index >= 15 is 0 Å². The van der Waals surface area contributed by atoms with Crippen LogP contribution in [0.15, 0.2) is 54.9 Å². The Kier molecular flexibility index (Phi) is 4.23. The van der Waals surface area contributed by atoms with Crippen molar-refractivity contribution in [2.24, 2.45) is 0 Å². The molecule has 3 rings (SSSR count). The second kappa shape index (κ2) is 6.20. The van der Waals surface area contributed by atoms with Crippen LogP contribution in [0.5, 0.6) is 0 Å². The van der Waals surface area contributed by atoms with Gasteiger partial charge in [0.1, 0.15) is 0 Å². The van der Waals surface area contributed by atoms with Gasteiger partial charge in [-0.05, 0) is 60.2 Å². The van der Waals surface area contributed by atoms with Gasteiger partial charge in [0.2, 0.25) is 0 Å². The fraction of sp³-hybridized carbons (Fsp3) is 0.273. The fourth-order valence-corrected chi connectivity index (χ4v) is 3.04. The molecule has 24 heavy (non-hydrogen) atoms. The molecule has 0 saturated carbocycles. The van der Waals surface area contributed by atoms with E-state index in [2.05, 4.69) is 76.0 Å². The average molecular weight is 316 g/mol. The second-order valence-corrected chi connectivity index (χ2v) is 7.35. The SMILES string of the molecule is Cc1cccc(C)c1-c1ncccc1-c1cc(C(C)(C)C)ccn1. The molecule has 0 aliphatic heterocycles. The molecule has 0 fully saturated rings. The highest BCUT2D eigenvalue weighted by Gasteiger charge is 2.17. The quantitative estimate of drug-likeness (QED) is 0.604. The van der Waals surface area contributed by atoms with Crippen molar-refractivity contribution in [1.82, 2.24) is 9.97 Å². The van der Waals surface area contributed by atoms with Gasteiger partial charge in [-0.3, -0.25) is 9.97 Å². The highest BCUT2D eigenvalue weighted by atomic mass is 14.7. The summed E-state index contributed by atoms with van der Waals surface area (Å²) in [5.74, 6) is 0. The van der Waals surface area contributed by atoms with E-state index < -0.39 is 0 Å². The van der Waals surface area contributed by atoms with Gasteiger partial charge < -0.3 is 0 Å². The van der Waals surface area contributed by atoms with Gasteiger partial charge in [-0.25, -0.2) is 0 Å². The zero-order chi connectivity index (χ0) is 17.3. The number of pyridine rings is 2. The van der Waals surface area contributed by atoms with E-state index in [-0.39, 0.29) is 5.41 Å². The predicted octanol–water partition coefficient (Wildman–Crippen LogP) is 5.72. The molecule has 0 spiro atoms. The first kappa shape index (κ1) is 16.4. The van der Waals surface area contributed by atoms with E-state index in [1.54, 1.807) is 0 Å². The molecule has 2 heteroatoms. The van der Waals surface area contributed by atoms with Crippen LogP contribution in [0.25, 0.3) is 22.5 Å². The largest absolute Gasteiger partial charge is 0.256 e. The topological polar surface area (TPSA) is 25.8 Å². The zero-order valence-corrected chi connectivity index (χ0v) is 15.1. The highest BCUT2D eigenvalue weighted by Crippen LogP contribution is 2.34. The normalized spacial score (nSPS) is 11.5. The number of nitrogens with zero attached hydrogens (tertiary/aromatic N) is 2. The Labute approximate surface area is 144 Å². The van der Waals surface area contributed by atoms with Crippen LogP contribution in [-0.4, -0.2) is 9.97 Å². The van der Waals surface area contributed by atoms with Crippen molar-refractivity contribution in [1.29, 1.82) is 0 Å². The molecule has 122 valence electrons. The molecule has 0 radical (unpaired) electrons. The number of aromatic nitrogens is 2. The first-order valence-corrected chi connectivity index (χ1v) is 8.36. The van der Waals surface area contributed by atoms with Crippen molar-refractivity contribution >= 4 is 0 Å². The summed E-state index contributed by atoms with van der Waals surface area (Å²) in [7, 11) is 0. The molecule has 0 saturated heterocycles. The Morgan fingerprint density at radius 2 is 1.50 bits per heavy atom. The molecular formula is C22H24N2. The maximum atomic E-state index is 4.70. The summed E-state index contributed by atoms with van der Waals surface area (Å²) in [4.78, 5) is 9.33. The molecule has 0 aliphatic carbocycles. The molecule has 2 nitrogen and oxygen atoms in total. The summed E-state index contributed by atoms with van der Waals surface area (Å²) in [5.41, 5.74) is 8.13. The molecule has 2 heterocycles. The Bertz CT molecular complexity index is 853. The Balaban J connectivity index is 2.22. The Morgan fingerprint density at radius 3 is 2.17 bits per heavy atom. The standard InChI is InChI=1S/C22H24N2/c1-15-8-6-9-16(2)20(15)21-18(10-7-12-24-21)19-14-17(11-13-23-19)22(3,4)5/h6-14H,1-5H3. The van der Waals surface area contributed by atoms with Gasteiger partial charge in [0.15, 0.2) is 0 Å². The number of hydrogen-bond donors (Lipinski definition) is 0. The Hall–Kier alpha value is -2.48. The zero-order valence-electron chi connectivity index (χ0n) is 15.1. The van der Waals surface area contributed by atoms with Crippen LogP contribution >= 0.6 is 0 Å². The maximum Gasteiger partial charge on any atom is 0.0801 e. The van der Waals surface area contributed by atoms with E-state index in [9.17, 15) is 0 Å². The molecule has 2 aromatic heterocycles. The minimum absolute atomic E-state index is 0.0959. The smallest absolute Gasteiger partial charge is 0.0801 e. The lowest BCUT2D eigenvalue weighted by Gasteiger charge is -2.20. The number of benzene rings is 1. The van der Waals surface area contributed by atoms with Gasteiger partial charge in [-0.2, -0.15) is 0 Å². The first-order valence-electron chi connectivity index (χ1n) is 8.36. The van der Waals surface area contributed by atoms with E-state index in [4.69, 9.17) is 4.98 Å². The first-order chi connectivity index (χ1) is 11.4. The van der Waals surface area contributed by atoms with E-state index in [1.165, 1.54) is 22.3 Å². The molecule has 0 N–H and O–H groups in total. The lowest BCUT2D eigenvalue weighted by atomic mass is 9.86. The van der Waals surface area contributed by atoms with Crippen LogP contribution in [-0.2, 0) is 5.41 Å². The molecule has 3 aromatic rings. The molecule has 1 aromatic carbocycles. The van der Waals surface area contributed by atoms with Gasteiger partial charge in [0.25, 0.3) is 0 Å². The molecule has 0 amide bonds. The number of rotatable bonds is 2. The van der Waals surface area contributed by atoms with Crippen LogP contribution in [0.1, 0.15) is 37.5 Å². The summed E-state index contributed by atoms with van der Waals surface area (Å²) in [6.45, 7) is 10.9. The summed E-state index contributed by atoms with van der Waals surface area (Å²) in [5, 5.41) is 0. The van der Waals surface area contributed by atoms with Gasteiger partial charge in [0, 0.05) is 23.5 Å². The molecule has 0 aliphatic rings. The van der Waals surface area contributed by atoms with Crippen molar-refractivity contribution in [2.45, 2.75) is 40.0 Å². The maximum absolute atomic E-state index is 4.70. The van der Waals surface area contributed by atoms with Crippen LogP contribution in [0.2, 0.25) is 0 Å². The van der Waals surface area contributed by atoms with Crippen LogP contribution in [0.4, 0.5) is 0 Å². The van der Waals surface area contributed by atoms with Gasteiger partial charge >= 0.3 is 0 Å². The van der Waals surface area contributed by atoms with Crippen LogP contribution in [0.3, 0.4) is 0 Å². The molecule has 0 unspecified atom stereocenters. The van der Waals surface area contributed by atoms with Crippen molar-refractivity contribution in [3.05, 3.63) is 71.5 Å². The van der Waals surface area contributed by atoms with E-state index in [0.29, 0.717) is 0 Å². The minimum atomic E-state index is 0.0959. The third kappa shape index (κ3) is 3.09. The van der Waals surface area contributed by atoms with Crippen LogP contribution in [0, 0.1) is 13.8 Å². The summed E-state index contributed by atoms with van der Waals surface area (Å²) in [6.07, 6.45) is 3.76. The third-order valence-electron chi connectivity index (χ3n) is 4.43. The summed E-state index contributed by atoms with van der Waals surface area (Å²) < 4.78 is 0. The van der Waals surface area contributed by atoms with Crippen molar-refractivity contribution < 1.29 is 0 Å². The summed E-state index contributed by atoms with van der Waals surface area (Å²) in [6, 6.07) is 14.8. The number of aryl methyl sites for hydroxylation is 2. The average Bonchev–Trinajstić information content (AvgIpc) is 2.54. The summed E-state index contributed by atoms with van der Waals surface area (Å²) >= 11 is 0. The van der Waals surface area contributed by atoms with Crippen molar-refractivity contribution in [3.63, 3.8) is 0 Å². The van der Waals surface area contributed by atoms with Crippen molar-refractivity contribution in [2.75, 3.05) is 0 Å². The van der Waals surface area contributed by atoms with Crippen LogP contribution < -0.4 is 0 Å². The lowest BCUT2D eigenvalue weighted by molar-refractivity contribution is 0.589. The third-order valence-corrected chi connectivity index (χ3v) is 4.43. The predicted molar refractivity (Wildman–Crippen MR) is 101 cm³/mol.